The monoisotopic (exact) mass is 366 g/mol. The van der Waals surface area contributed by atoms with Crippen molar-refractivity contribution in [2.45, 2.75) is 12.1 Å². The number of hydrogen-bond acceptors (Lipinski definition) is 4. The van der Waals surface area contributed by atoms with Gasteiger partial charge in [-0.2, -0.15) is 22.0 Å². The summed E-state index contributed by atoms with van der Waals surface area (Å²) in [5.41, 5.74) is -0.375. The average Bonchev–Trinajstić information content (AvgIpc) is 2.55. The van der Waals surface area contributed by atoms with Crippen LogP contribution in [0.25, 0.3) is 0 Å². The molecule has 0 saturated carbocycles. The van der Waals surface area contributed by atoms with Crippen LogP contribution >= 0.6 is 0 Å². The smallest absolute Gasteiger partial charge is 0.436 e. The summed E-state index contributed by atoms with van der Waals surface area (Å²) >= 11 is 0. The molecule has 0 fully saturated rings. The number of hydroxylamine groups is 1. The maximum absolute atomic E-state index is 13.7. The van der Waals surface area contributed by atoms with Crippen molar-refractivity contribution in [3.05, 3.63) is 53.5 Å². The lowest BCUT2D eigenvalue weighted by atomic mass is 10.1. The molecule has 25 heavy (non-hydrogen) atoms. The third-order valence-corrected chi connectivity index (χ3v) is 2.96. The van der Waals surface area contributed by atoms with E-state index in [0.29, 0.717) is 18.2 Å². The van der Waals surface area contributed by atoms with E-state index in [0.717, 1.165) is 18.3 Å². The summed E-state index contributed by atoms with van der Waals surface area (Å²) in [5, 5.41) is 8.41. The molecule has 1 amide bonds. The molecule has 0 aliphatic rings. The molecule has 2 N–H and O–H groups in total. The standard InChI is InChI=1S/C14H8F6N2O3/c15-10-5-7(11(23)22-24)6-21-12(10)25-9-3-1-8(2-4-9)13(16,17)14(18,19)20/h1-6,24H,(H,22,23). The number of rotatable bonds is 4. The van der Waals surface area contributed by atoms with E-state index in [-0.39, 0.29) is 11.3 Å². The van der Waals surface area contributed by atoms with Gasteiger partial charge in [0.25, 0.3) is 11.8 Å². The number of halogens is 6. The number of amides is 1. The van der Waals surface area contributed by atoms with Crippen molar-refractivity contribution >= 4 is 5.91 Å². The van der Waals surface area contributed by atoms with Crippen LogP contribution in [0.2, 0.25) is 0 Å². The molecule has 0 unspecified atom stereocenters. The molecule has 11 heteroatoms. The lowest BCUT2D eigenvalue weighted by molar-refractivity contribution is -0.289. The predicted molar refractivity (Wildman–Crippen MR) is 69.9 cm³/mol. The van der Waals surface area contributed by atoms with E-state index in [1.165, 1.54) is 5.48 Å². The molecule has 0 radical (unpaired) electrons. The van der Waals surface area contributed by atoms with Crippen molar-refractivity contribution in [1.82, 2.24) is 10.5 Å². The first-order chi connectivity index (χ1) is 11.6. The molecule has 1 aromatic heterocycles. The van der Waals surface area contributed by atoms with Crippen LogP contribution in [0.3, 0.4) is 0 Å². The SMILES string of the molecule is O=C(NO)c1cnc(Oc2ccc(C(F)(F)C(F)(F)F)cc2)c(F)c1. The zero-order valence-electron chi connectivity index (χ0n) is 11.9. The number of alkyl halides is 5. The normalized spacial score (nSPS) is 12.0. The highest BCUT2D eigenvalue weighted by Crippen LogP contribution is 2.44. The Morgan fingerprint density at radius 2 is 1.72 bits per heavy atom. The molecule has 1 heterocycles. The first kappa shape index (κ1) is 18.5. The summed E-state index contributed by atoms with van der Waals surface area (Å²) in [6, 6.07) is 3.21. The van der Waals surface area contributed by atoms with Crippen molar-refractivity contribution in [3.63, 3.8) is 0 Å². The van der Waals surface area contributed by atoms with Crippen molar-refractivity contribution < 1.29 is 41.1 Å². The Hall–Kier alpha value is -2.82. The van der Waals surface area contributed by atoms with Gasteiger partial charge in [-0.05, 0) is 30.3 Å². The third kappa shape index (κ3) is 3.82. The summed E-state index contributed by atoms with van der Waals surface area (Å²) in [4.78, 5) is 14.5. The minimum Gasteiger partial charge on any atom is -0.436 e. The first-order valence-corrected chi connectivity index (χ1v) is 6.39. The van der Waals surface area contributed by atoms with Crippen molar-refractivity contribution in [2.75, 3.05) is 0 Å². The molecule has 2 rings (SSSR count). The Balaban J connectivity index is 2.21. The Kier molecular flexibility index (Phi) is 4.88. The van der Waals surface area contributed by atoms with Crippen molar-refractivity contribution in [1.29, 1.82) is 0 Å². The molecule has 0 atom stereocenters. The average molecular weight is 366 g/mol. The Morgan fingerprint density at radius 1 is 1.12 bits per heavy atom. The van der Waals surface area contributed by atoms with Gasteiger partial charge in [0, 0.05) is 11.8 Å². The fourth-order valence-electron chi connectivity index (χ4n) is 1.70. The van der Waals surface area contributed by atoms with Crippen LogP contribution in [0.15, 0.2) is 36.5 Å². The van der Waals surface area contributed by atoms with Gasteiger partial charge in [-0.1, -0.05) is 0 Å². The van der Waals surface area contributed by atoms with E-state index in [4.69, 9.17) is 9.94 Å². The molecule has 0 aliphatic carbocycles. The van der Waals surface area contributed by atoms with Gasteiger partial charge in [0.2, 0.25) is 0 Å². The number of ether oxygens (including phenoxy) is 1. The Bertz CT molecular complexity index is 777. The summed E-state index contributed by atoms with van der Waals surface area (Å²) < 4.78 is 81.7. The van der Waals surface area contributed by atoms with Crippen molar-refractivity contribution in [2.24, 2.45) is 0 Å². The van der Waals surface area contributed by atoms with Gasteiger partial charge in [0.15, 0.2) is 5.82 Å². The predicted octanol–water partition coefficient (Wildman–Crippen LogP) is 3.79. The minimum atomic E-state index is -5.76. The van der Waals surface area contributed by atoms with Gasteiger partial charge in [-0.15, -0.1) is 0 Å². The van der Waals surface area contributed by atoms with Gasteiger partial charge < -0.3 is 4.74 Å². The summed E-state index contributed by atoms with van der Waals surface area (Å²) in [6.45, 7) is 0. The van der Waals surface area contributed by atoms with Gasteiger partial charge in [0.05, 0.1) is 5.56 Å². The van der Waals surface area contributed by atoms with E-state index in [2.05, 4.69) is 4.98 Å². The number of nitrogens with one attached hydrogen (secondary N) is 1. The van der Waals surface area contributed by atoms with E-state index in [1.807, 2.05) is 0 Å². The van der Waals surface area contributed by atoms with E-state index >= 15 is 0 Å². The van der Waals surface area contributed by atoms with Gasteiger partial charge >= 0.3 is 12.1 Å². The number of aromatic nitrogens is 1. The van der Waals surface area contributed by atoms with E-state index < -0.39 is 35.3 Å². The van der Waals surface area contributed by atoms with Crippen LogP contribution in [0.1, 0.15) is 15.9 Å². The highest BCUT2D eigenvalue weighted by Gasteiger charge is 2.58. The maximum Gasteiger partial charge on any atom is 0.458 e. The van der Waals surface area contributed by atoms with Gasteiger partial charge in [0.1, 0.15) is 5.75 Å². The number of nitrogens with zero attached hydrogens (tertiary/aromatic N) is 1. The molecule has 5 nitrogen and oxygen atoms in total. The second-order valence-electron chi connectivity index (χ2n) is 4.65. The maximum atomic E-state index is 13.7. The molecule has 2 aromatic rings. The topological polar surface area (TPSA) is 71.5 Å². The largest absolute Gasteiger partial charge is 0.458 e. The molecule has 0 spiro atoms. The lowest BCUT2D eigenvalue weighted by Crippen LogP contribution is -2.33. The highest BCUT2D eigenvalue weighted by molar-refractivity contribution is 5.93. The van der Waals surface area contributed by atoms with Crippen LogP contribution in [0, 0.1) is 5.82 Å². The molecule has 134 valence electrons. The number of benzene rings is 1. The zero-order chi connectivity index (χ0) is 18.8. The molecular formula is C14H8F6N2O3. The number of carbonyl (C=O) groups is 1. The molecule has 1 aromatic carbocycles. The molecular weight excluding hydrogens is 358 g/mol. The Morgan fingerprint density at radius 3 is 2.20 bits per heavy atom. The number of pyridine rings is 1. The zero-order valence-corrected chi connectivity index (χ0v) is 11.9. The minimum absolute atomic E-state index is 0.257. The van der Waals surface area contributed by atoms with E-state index in [1.54, 1.807) is 0 Å². The van der Waals surface area contributed by atoms with E-state index in [9.17, 15) is 31.1 Å². The second kappa shape index (κ2) is 6.59. The Labute approximate surface area is 135 Å². The van der Waals surface area contributed by atoms with Gasteiger partial charge in [-0.3, -0.25) is 10.0 Å². The summed E-state index contributed by atoms with van der Waals surface area (Å²) in [7, 11) is 0. The van der Waals surface area contributed by atoms with Crippen LogP contribution in [0.5, 0.6) is 11.6 Å². The lowest BCUT2D eigenvalue weighted by Gasteiger charge is -2.19. The second-order valence-corrected chi connectivity index (χ2v) is 4.65. The summed E-state index contributed by atoms with van der Waals surface area (Å²) in [6.07, 6.45) is -4.90. The molecule has 0 saturated heterocycles. The van der Waals surface area contributed by atoms with Crippen molar-refractivity contribution in [3.8, 4) is 11.6 Å². The third-order valence-electron chi connectivity index (χ3n) is 2.96. The number of hydrogen-bond donors (Lipinski definition) is 2. The quantitative estimate of drug-likeness (QED) is 0.491. The fourth-order valence-corrected chi connectivity index (χ4v) is 1.70. The molecule has 0 aliphatic heterocycles. The fraction of sp³-hybridized carbons (Fsp3) is 0.143. The van der Waals surface area contributed by atoms with Crippen LogP contribution in [-0.2, 0) is 5.92 Å². The molecule has 0 bridgehead atoms. The first-order valence-electron chi connectivity index (χ1n) is 6.39. The number of carbonyl (C=O) groups excluding carboxylic acids is 1. The summed E-state index contributed by atoms with van der Waals surface area (Å²) in [5.74, 6) is -8.10. The van der Waals surface area contributed by atoms with Crippen LogP contribution < -0.4 is 10.2 Å². The van der Waals surface area contributed by atoms with Gasteiger partial charge in [-0.25, -0.2) is 14.9 Å². The highest BCUT2D eigenvalue weighted by atomic mass is 19.4. The van der Waals surface area contributed by atoms with Crippen LogP contribution in [0.4, 0.5) is 26.3 Å². The van der Waals surface area contributed by atoms with Crippen LogP contribution in [-0.4, -0.2) is 22.3 Å².